The second kappa shape index (κ2) is 10.4. The molecular formula is C20H30N6O. The molecule has 1 heterocycles. The molecule has 146 valence electrons. The fourth-order valence-electron chi connectivity index (χ4n) is 2.80. The van der Waals surface area contributed by atoms with Crippen LogP contribution < -0.4 is 16.0 Å². The molecule has 0 spiro atoms. The van der Waals surface area contributed by atoms with Gasteiger partial charge in [0.25, 0.3) is 0 Å². The number of guanidine groups is 1. The van der Waals surface area contributed by atoms with E-state index in [1.807, 2.05) is 42.8 Å². The van der Waals surface area contributed by atoms with Gasteiger partial charge < -0.3 is 16.0 Å². The van der Waals surface area contributed by atoms with E-state index in [-0.39, 0.29) is 5.91 Å². The lowest BCUT2D eigenvalue weighted by molar-refractivity contribution is -0.114. The lowest BCUT2D eigenvalue weighted by Crippen LogP contribution is -2.38. The molecular weight excluding hydrogens is 340 g/mol. The van der Waals surface area contributed by atoms with E-state index in [4.69, 9.17) is 0 Å². The number of anilines is 1. The molecule has 2 rings (SSSR count). The number of benzene rings is 1. The molecule has 1 amide bonds. The number of amides is 1. The summed E-state index contributed by atoms with van der Waals surface area (Å²) in [5.41, 5.74) is 4.07. The summed E-state index contributed by atoms with van der Waals surface area (Å²) in [5.74, 6) is 0.712. The third kappa shape index (κ3) is 7.13. The largest absolute Gasteiger partial charge is 0.357 e. The van der Waals surface area contributed by atoms with Gasteiger partial charge in [-0.2, -0.15) is 5.10 Å². The average Bonchev–Trinajstić information content (AvgIpc) is 2.93. The van der Waals surface area contributed by atoms with Crippen molar-refractivity contribution < 1.29 is 4.79 Å². The number of rotatable bonds is 8. The molecule has 27 heavy (non-hydrogen) atoms. The van der Waals surface area contributed by atoms with E-state index in [9.17, 15) is 4.79 Å². The average molecular weight is 371 g/mol. The van der Waals surface area contributed by atoms with Crippen molar-refractivity contribution in [2.45, 2.75) is 47.2 Å². The number of carbonyl (C=O) groups excluding carboxylic acids is 1. The number of hydrogen-bond donors (Lipinski definition) is 3. The van der Waals surface area contributed by atoms with Gasteiger partial charge in [-0.25, -0.2) is 4.99 Å². The highest BCUT2D eigenvalue weighted by Gasteiger charge is 2.02. The van der Waals surface area contributed by atoms with Gasteiger partial charge in [0.05, 0.1) is 12.2 Å². The van der Waals surface area contributed by atoms with Crippen molar-refractivity contribution in [1.82, 2.24) is 20.4 Å². The Labute approximate surface area is 161 Å². The van der Waals surface area contributed by atoms with Crippen molar-refractivity contribution in [1.29, 1.82) is 0 Å². The first kappa shape index (κ1) is 20.5. The monoisotopic (exact) mass is 370 g/mol. The van der Waals surface area contributed by atoms with E-state index < -0.39 is 0 Å². The highest BCUT2D eigenvalue weighted by molar-refractivity contribution is 5.88. The first-order chi connectivity index (χ1) is 13.0. The molecule has 0 aliphatic heterocycles. The summed E-state index contributed by atoms with van der Waals surface area (Å²) in [7, 11) is 0. The number of nitrogens with zero attached hydrogens (tertiary/aromatic N) is 3. The van der Waals surface area contributed by atoms with Crippen LogP contribution in [-0.4, -0.2) is 34.7 Å². The normalized spacial score (nSPS) is 11.3. The van der Waals surface area contributed by atoms with Crippen molar-refractivity contribution in [3.63, 3.8) is 0 Å². The minimum atomic E-state index is -0.0757. The topological polar surface area (TPSA) is 83.3 Å². The van der Waals surface area contributed by atoms with Crippen LogP contribution in [0.5, 0.6) is 0 Å². The minimum absolute atomic E-state index is 0.0757. The molecule has 0 saturated carbocycles. The zero-order valence-corrected chi connectivity index (χ0v) is 16.7. The summed E-state index contributed by atoms with van der Waals surface area (Å²) < 4.78 is 2.04. The molecule has 7 nitrogen and oxygen atoms in total. The molecule has 0 fully saturated rings. The zero-order chi connectivity index (χ0) is 19.6. The van der Waals surface area contributed by atoms with E-state index >= 15 is 0 Å². The second-order valence-electron chi connectivity index (χ2n) is 6.51. The Bertz CT molecular complexity index is 781. The molecule has 3 N–H and O–H groups in total. The van der Waals surface area contributed by atoms with Gasteiger partial charge in [-0.3, -0.25) is 9.48 Å². The van der Waals surface area contributed by atoms with Crippen LogP contribution in [-0.2, 0) is 17.9 Å². The Morgan fingerprint density at radius 2 is 2.04 bits per heavy atom. The summed E-state index contributed by atoms with van der Waals surface area (Å²) in [6.45, 7) is 10.7. The molecule has 0 bridgehead atoms. The molecule has 7 heteroatoms. The van der Waals surface area contributed by atoms with Gasteiger partial charge in [-0.15, -0.1) is 0 Å². The number of aliphatic imine (C=N–C) groups is 1. The van der Waals surface area contributed by atoms with Crippen LogP contribution >= 0.6 is 0 Å². The van der Waals surface area contributed by atoms with Gasteiger partial charge in [0, 0.05) is 37.9 Å². The van der Waals surface area contributed by atoms with Crippen LogP contribution in [0.2, 0.25) is 0 Å². The van der Waals surface area contributed by atoms with Crippen molar-refractivity contribution in [3.8, 4) is 0 Å². The minimum Gasteiger partial charge on any atom is -0.357 e. The van der Waals surface area contributed by atoms with E-state index in [0.29, 0.717) is 6.54 Å². The summed E-state index contributed by atoms with van der Waals surface area (Å²) in [4.78, 5) is 15.8. The molecule has 1 aromatic heterocycles. The Balaban J connectivity index is 1.86. The number of aromatic nitrogens is 2. The fourth-order valence-corrected chi connectivity index (χ4v) is 2.80. The van der Waals surface area contributed by atoms with Crippen molar-refractivity contribution in [2.24, 2.45) is 4.99 Å². The predicted octanol–water partition coefficient (Wildman–Crippen LogP) is 2.60. The van der Waals surface area contributed by atoms with Crippen LogP contribution in [0.4, 0.5) is 5.69 Å². The molecule has 0 unspecified atom stereocenters. The highest BCUT2D eigenvalue weighted by Crippen LogP contribution is 2.11. The smallest absolute Gasteiger partial charge is 0.221 e. The highest BCUT2D eigenvalue weighted by atomic mass is 16.1. The predicted molar refractivity (Wildman–Crippen MR) is 110 cm³/mol. The van der Waals surface area contributed by atoms with Crippen LogP contribution in [0, 0.1) is 13.8 Å². The summed E-state index contributed by atoms with van der Waals surface area (Å²) in [5, 5.41) is 13.9. The van der Waals surface area contributed by atoms with E-state index in [1.165, 1.54) is 12.6 Å². The van der Waals surface area contributed by atoms with Gasteiger partial charge in [0.15, 0.2) is 5.96 Å². The third-order valence-electron chi connectivity index (χ3n) is 3.95. The fraction of sp³-hybridized carbons (Fsp3) is 0.450. The van der Waals surface area contributed by atoms with E-state index in [1.54, 1.807) is 0 Å². The maximum absolute atomic E-state index is 11.2. The van der Waals surface area contributed by atoms with Crippen molar-refractivity contribution >= 4 is 17.6 Å². The maximum Gasteiger partial charge on any atom is 0.221 e. The summed E-state index contributed by atoms with van der Waals surface area (Å²) >= 11 is 0. The molecule has 0 radical (unpaired) electrons. The molecule has 1 aromatic carbocycles. The van der Waals surface area contributed by atoms with Crippen molar-refractivity contribution in [3.05, 3.63) is 47.3 Å². The van der Waals surface area contributed by atoms with Gasteiger partial charge >= 0.3 is 0 Å². The molecule has 2 aromatic rings. The lowest BCUT2D eigenvalue weighted by atomic mass is 10.2. The van der Waals surface area contributed by atoms with Gasteiger partial charge in [0.2, 0.25) is 5.91 Å². The van der Waals surface area contributed by atoms with Gasteiger partial charge in [0.1, 0.15) is 0 Å². The standard InChI is InChI=1S/C20H30N6O/c1-5-21-20(22-10-7-11-26-16(3)12-15(2)25-26)23-14-18-8-6-9-19(13-18)24-17(4)27/h6,8-9,12-13H,5,7,10-11,14H2,1-4H3,(H,24,27)(H2,21,22,23). The van der Waals surface area contributed by atoms with Gasteiger partial charge in [-0.1, -0.05) is 12.1 Å². The Morgan fingerprint density at radius 1 is 1.22 bits per heavy atom. The van der Waals surface area contributed by atoms with Gasteiger partial charge in [-0.05, 0) is 51.0 Å². The van der Waals surface area contributed by atoms with E-state index in [2.05, 4.69) is 39.0 Å². The van der Waals surface area contributed by atoms with Crippen LogP contribution in [0.25, 0.3) is 0 Å². The second-order valence-corrected chi connectivity index (χ2v) is 6.51. The van der Waals surface area contributed by atoms with Crippen LogP contribution in [0.3, 0.4) is 0 Å². The number of nitrogens with one attached hydrogen (secondary N) is 3. The maximum atomic E-state index is 11.2. The van der Waals surface area contributed by atoms with E-state index in [0.717, 1.165) is 49.0 Å². The lowest BCUT2D eigenvalue weighted by Gasteiger charge is -2.12. The summed E-state index contributed by atoms with van der Waals surface area (Å²) in [6, 6.07) is 9.83. The first-order valence-electron chi connectivity index (χ1n) is 9.37. The Morgan fingerprint density at radius 3 is 2.70 bits per heavy atom. The van der Waals surface area contributed by atoms with Crippen molar-refractivity contribution in [2.75, 3.05) is 18.4 Å². The molecule has 0 aliphatic rings. The Hall–Kier alpha value is -2.83. The number of hydrogen-bond acceptors (Lipinski definition) is 3. The zero-order valence-electron chi connectivity index (χ0n) is 16.7. The number of carbonyl (C=O) groups is 1. The molecule has 0 atom stereocenters. The summed E-state index contributed by atoms with van der Waals surface area (Å²) in [6.07, 6.45) is 0.963. The SMILES string of the molecule is CCNC(=NCc1cccc(NC(C)=O)c1)NCCCn1nc(C)cc1C. The van der Waals surface area contributed by atoms with Crippen LogP contribution in [0.1, 0.15) is 37.2 Å². The Kier molecular flexibility index (Phi) is 7.85. The quantitative estimate of drug-likeness (QED) is 0.379. The third-order valence-corrected chi connectivity index (χ3v) is 3.95. The first-order valence-corrected chi connectivity index (χ1v) is 9.37. The molecule has 0 saturated heterocycles. The molecule has 0 aliphatic carbocycles. The number of aryl methyl sites for hydroxylation is 3. The van der Waals surface area contributed by atoms with Crippen LogP contribution in [0.15, 0.2) is 35.3 Å².